The van der Waals surface area contributed by atoms with Gasteiger partial charge in [-0.15, -0.1) is 0 Å². The van der Waals surface area contributed by atoms with E-state index < -0.39 is 104 Å². The number of esters is 1. The molecule has 0 aliphatic carbocycles. The van der Waals surface area contributed by atoms with E-state index in [0.29, 0.717) is 174 Å². The minimum absolute atomic E-state index is 0.0398. The highest BCUT2D eigenvalue weighted by Crippen LogP contribution is 2.57. The Hall–Kier alpha value is -11.2. The summed E-state index contributed by atoms with van der Waals surface area (Å²) in [7, 11) is 0. The second-order valence-corrected chi connectivity index (χ2v) is 30.8. The van der Waals surface area contributed by atoms with Crippen molar-refractivity contribution < 1.29 is 95.4 Å². The van der Waals surface area contributed by atoms with E-state index in [1.165, 1.54) is 58.0 Å². The van der Waals surface area contributed by atoms with E-state index in [1.807, 2.05) is 20.8 Å². The van der Waals surface area contributed by atoms with Crippen LogP contribution in [0, 0.1) is 38.2 Å². The van der Waals surface area contributed by atoms with Crippen molar-refractivity contribution in [3.05, 3.63) is 212 Å². The summed E-state index contributed by atoms with van der Waals surface area (Å²) in [5.74, 6) is -10.3. The van der Waals surface area contributed by atoms with Gasteiger partial charge in [-0.1, -0.05) is 112 Å². The number of amides is 6. The van der Waals surface area contributed by atoms with Gasteiger partial charge in [0.25, 0.3) is 52.8 Å². The predicted octanol–water partition coefficient (Wildman–Crippen LogP) is 10.1. The van der Waals surface area contributed by atoms with Crippen LogP contribution in [0.5, 0.6) is 0 Å². The van der Waals surface area contributed by atoms with Gasteiger partial charge in [0.05, 0.1) is 80.0 Å². The first-order valence-corrected chi connectivity index (χ1v) is 41.2. The van der Waals surface area contributed by atoms with Crippen LogP contribution in [0.1, 0.15) is 123 Å². The number of benzene rings is 6. The number of Topliss-reactive ketones (excluding diaryl/α,β-unsaturated/α-hetero) is 3. The molecule has 120 heavy (non-hydrogen) atoms. The number of anilines is 3. The molecule has 26 nitrogen and oxygen atoms in total. The largest absolute Gasteiger partial charge is 0.507 e. The number of likely N-dealkylation sites (tertiary alicyclic amines) is 3. The number of carbonyl (C=O) groups is 10. The average molecular weight is 1650 g/mol. The molecule has 6 aromatic rings. The van der Waals surface area contributed by atoms with Crippen LogP contribution in [0.25, 0.3) is 17.3 Å². The monoisotopic (exact) mass is 1650 g/mol. The lowest BCUT2D eigenvalue weighted by Gasteiger charge is -2.35. The van der Waals surface area contributed by atoms with E-state index in [1.54, 1.807) is 115 Å². The number of rotatable bonds is 22. The lowest BCUT2D eigenvalue weighted by molar-refractivity contribution is -0.143. The van der Waals surface area contributed by atoms with Gasteiger partial charge in [-0.3, -0.25) is 62.6 Å². The van der Waals surface area contributed by atoms with Crippen molar-refractivity contribution in [1.82, 2.24) is 29.4 Å². The van der Waals surface area contributed by atoms with Gasteiger partial charge in [0.15, 0.2) is 16.6 Å². The fraction of sp³-hybridized carbons (Fsp3) is 0.429. The van der Waals surface area contributed by atoms with Crippen molar-refractivity contribution in [3.63, 3.8) is 0 Å². The molecule has 0 aromatic heterocycles. The maximum Gasteiger partial charge on any atom is 0.302 e. The van der Waals surface area contributed by atoms with Gasteiger partial charge >= 0.3 is 5.97 Å². The quantitative estimate of drug-likeness (QED) is 0.0246. The number of aryl methyl sites for hydroxylation is 3. The number of hydrogen-bond acceptors (Lipinski definition) is 20. The summed E-state index contributed by atoms with van der Waals surface area (Å²) in [5, 5.41) is 34.4. The first-order valence-electron chi connectivity index (χ1n) is 41.2. The number of aliphatic hydroxyl groups is 3. The maximum absolute atomic E-state index is 14.5. The van der Waals surface area contributed by atoms with E-state index in [2.05, 4.69) is 19.4 Å². The van der Waals surface area contributed by atoms with Crippen LogP contribution < -0.4 is 14.7 Å². The van der Waals surface area contributed by atoms with Gasteiger partial charge in [0, 0.05) is 138 Å². The molecule has 3 unspecified atom stereocenters. The van der Waals surface area contributed by atoms with Gasteiger partial charge in [0.1, 0.15) is 34.7 Å². The van der Waals surface area contributed by atoms with Crippen molar-refractivity contribution in [3.8, 4) is 0 Å². The second-order valence-electron chi connectivity index (χ2n) is 30.8. The molecule has 29 heteroatoms. The Labute approximate surface area is 695 Å². The molecule has 6 amide bonds. The molecule has 6 aromatic carbocycles. The van der Waals surface area contributed by atoms with Crippen LogP contribution in [0.3, 0.4) is 0 Å². The van der Waals surface area contributed by atoms with E-state index in [-0.39, 0.29) is 59.0 Å². The van der Waals surface area contributed by atoms with Gasteiger partial charge in [0.2, 0.25) is 0 Å². The van der Waals surface area contributed by atoms with Gasteiger partial charge in [-0.2, -0.15) is 0 Å². The Morgan fingerprint density at radius 3 is 0.867 bits per heavy atom. The molecule has 0 saturated carbocycles. The van der Waals surface area contributed by atoms with E-state index in [9.17, 15) is 76.4 Å². The highest BCUT2D eigenvalue weighted by atomic mass is 19.1. The third-order valence-corrected chi connectivity index (χ3v) is 23.3. The Morgan fingerprint density at radius 2 is 0.642 bits per heavy atom. The Balaban J connectivity index is 0.000000159. The van der Waals surface area contributed by atoms with Crippen LogP contribution in [0.15, 0.2) is 144 Å². The first-order chi connectivity index (χ1) is 57.7. The molecular formula is C91H104F3N9O17. The topological polar surface area (TPSA) is 297 Å². The molecule has 3 N–H and O–H groups in total. The number of hydrogen-bond donors (Lipinski definition) is 3. The lowest BCUT2D eigenvalue weighted by atomic mass is 9.81. The fourth-order valence-corrected chi connectivity index (χ4v) is 17.5. The highest BCUT2D eigenvalue weighted by molar-refractivity contribution is 6.51. The third-order valence-electron chi connectivity index (χ3n) is 23.3. The van der Waals surface area contributed by atoms with Crippen LogP contribution in [0.4, 0.5) is 30.2 Å². The number of nitrogens with zero attached hydrogens (tertiary/aromatic N) is 9. The summed E-state index contributed by atoms with van der Waals surface area (Å²) in [4.78, 5) is 150. The number of para-hydroxylation sites is 3. The van der Waals surface area contributed by atoms with Crippen LogP contribution in [-0.2, 0) is 83.5 Å². The number of morpholine rings is 3. The summed E-state index contributed by atoms with van der Waals surface area (Å²) >= 11 is 0. The fourth-order valence-electron chi connectivity index (χ4n) is 17.5. The SMILES string of the molecule is CCCN1C(=O)C2(/C(=C(\O)c3ccc(C)c(F)c3)C(=O)C(=O)N2CCCN2CCOCC2)c2ccccc21.CCCN1C(=O)C2(/C(=C(\O)c3ccc(C)c(F)c3)C(=O)C(=O)N2CCCN2CCOCC2)c2ccccc21.CCCN1C(=O)C2(/C(=C(\O)c3ccc(C)c(F)c3)C(=O)C(=O)N2CCCN2CCOCC2)c2ccccc21.CCOC(C)=O. The number of ether oxygens (including phenoxy) is 4. The molecule has 0 radical (unpaired) electrons. The smallest absolute Gasteiger partial charge is 0.302 e. The van der Waals surface area contributed by atoms with Gasteiger partial charge in [-0.25, -0.2) is 13.2 Å². The van der Waals surface area contributed by atoms with Crippen LogP contribution in [0.2, 0.25) is 0 Å². The molecule has 636 valence electrons. The summed E-state index contributed by atoms with van der Waals surface area (Å²) in [6.07, 6.45) is 3.54. The summed E-state index contributed by atoms with van der Waals surface area (Å²) in [5.41, 5.74) is -1.97. The van der Waals surface area contributed by atoms with Gasteiger partial charge < -0.3 is 63.7 Å². The molecule has 3 atom stereocenters. The normalized spacial score (nSPS) is 22.3. The Morgan fingerprint density at radius 1 is 0.383 bits per heavy atom. The molecule has 0 bridgehead atoms. The molecular weight excluding hydrogens is 1550 g/mol. The second kappa shape index (κ2) is 38.0. The number of aliphatic hydroxyl groups excluding tert-OH is 3. The van der Waals surface area contributed by atoms with Crippen molar-refractivity contribution in [2.24, 2.45) is 0 Å². The zero-order valence-corrected chi connectivity index (χ0v) is 69.1. The number of halogens is 3. The summed E-state index contributed by atoms with van der Waals surface area (Å²) in [6.45, 7) is 26.3. The zero-order valence-electron chi connectivity index (χ0n) is 69.1. The standard InChI is InChI=1S/3C29H32FN3O5.C4H8O2/c3*1-3-11-32-23-8-5-4-7-21(23)29(28(32)37)24(25(34)20-10-9-19(2)22(30)18-20)26(35)27(36)33(29)13-6-12-31-14-16-38-17-15-31;1-3-6-4(2)5/h3*4-5,7-10,18,34H,3,6,11-17H2,1-2H3;3H2,1-2H3/b3*25-24-;. The van der Waals surface area contributed by atoms with Crippen molar-refractivity contribution in [1.29, 1.82) is 0 Å². The Bertz CT molecular complexity index is 4590. The molecule has 9 aliphatic rings. The van der Waals surface area contributed by atoms with Crippen molar-refractivity contribution in [2.75, 3.05) is 159 Å². The van der Waals surface area contributed by atoms with Crippen LogP contribution >= 0.6 is 0 Å². The minimum atomic E-state index is -1.82. The highest BCUT2D eigenvalue weighted by Gasteiger charge is 2.70. The zero-order chi connectivity index (χ0) is 86.1. The molecule has 9 heterocycles. The lowest BCUT2D eigenvalue weighted by Crippen LogP contribution is -2.52. The Kier molecular flexibility index (Phi) is 27.9. The minimum Gasteiger partial charge on any atom is -0.507 e. The van der Waals surface area contributed by atoms with Crippen molar-refractivity contribution >= 4 is 93.1 Å². The summed E-state index contributed by atoms with van der Waals surface area (Å²) in [6, 6.07) is 33.5. The number of ketones is 3. The summed E-state index contributed by atoms with van der Waals surface area (Å²) < 4.78 is 64.1. The van der Waals surface area contributed by atoms with E-state index in [4.69, 9.17) is 14.2 Å². The molecule has 6 fully saturated rings. The maximum atomic E-state index is 14.5. The molecule has 9 aliphatic heterocycles. The van der Waals surface area contributed by atoms with E-state index in [0.717, 1.165) is 57.5 Å². The van der Waals surface area contributed by atoms with E-state index >= 15 is 0 Å². The van der Waals surface area contributed by atoms with Gasteiger partial charge in [-0.05, 0) is 119 Å². The number of fused-ring (bicyclic) bond motifs is 6. The molecule has 6 saturated heterocycles. The third kappa shape index (κ3) is 16.3. The predicted molar refractivity (Wildman–Crippen MR) is 442 cm³/mol. The molecule has 3 spiro atoms. The first kappa shape index (κ1) is 88.1. The molecule has 15 rings (SSSR count). The van der Waals surface area contributed by atoms with Crippen LogP contribution in [-0.4, -0.2) is 248 Å². The van der Waals surface area contributed by atoms with Crippen molar-refractivity contribution in [2.45, 2.75) is 111 Å². The number of carbonyl (C=O) groups excluding carboxylic acids is 10. The average Bonchev–Trinajstić information content (AvgIpc) is 1.53.